The van der Waals surface area contributed by atoms with Gasteiger partial charge in [-0.05, 0) is 151 Å². The van der Waals surface area contributed by atoms with E-state index in [0.717, 1.165) is 97.1 Å². The molecule has 0 saturated carbocycles. The van der Waals surface area contributed by atoms with E-state index in [2.05, 4.69) is 210 Å². The lowest BCUT2D eigenvalue weighted by Gasteiger charge is -2.32. The summed E-state index contributed by atoms with van der Waals surface area (Å²) in [4.78, 5) is 53.6. The lowest BCUT2D eigenvalue weighted by molar-refractivity contribution is -0.115. The molecule has 6 aromatic carbocycles. The first-order chi connectivity index (χ1) is 53.2. The number of amides is 1. The summed E-state index contributed by atoms with van der Waals surface area (Å²) in [7, 11) is 3.22. The molecule has 568 valence electrons. The molecule has 0 unspecified atom stereocenters. The van der Waals surface area contributed by atoms with Crippen molar-refractivity contribution in [2.24, 2.45) is 0 Å². The molecule has 0 spiro atoms. The molecule has 9 heterocycles. The minimum absolute atomic E-state index is 0.127. The van der Waals surface area contributed by atoms with Crippen molar-refractivity contribution in [1.82, 2.24) is 44.6 Å². The smallest absolute Gasteiger partial charge is 0.320 e. The summed E-state index contributed by atoms with van der Waals surface area (Å²) in [6, 6.07) is 53.4. The Balaban J connectivity index is 0.000000144. The fraction of sp³-hybridized carbons (Fsp3) is 0.375. The standard InChI is InChI=1S/C30H37N5O.C29H33N5O3.C29H35N5O2/c1-3-4-17-36-30-32-28(31)27-18-22(2)19-35(29(27)33-30)21-24-9-13-26(14-10-24)25-11-7-23(8-12-25)20-34-15-5-6-16-34;1-20-17-25-26(30)31-29(37-16-15-36-2)32-27(25)34(28(20)35)19-22-7-11-24(12-8-22)23-9-5-21(6-10-23)18-33-13-3-4-14-33;1-21-17-26-27(30)31-29(36-16-15-35-2)32-28(26)34(18-21)20-23-7-11-25(12-8-23)24-9-5-22(6-10-24)19-33-13-3-4-14-33/h7-14H,2-6,15-21H2,1H3,(H2,31,32,33);5-12H,1,3-4,13-19H2,2H3,(H2,30,31,32);5-12H,1,3-4,13-20H2,2H3,(H2,30,31,32). The zero-order valence-corrected chi connectivity index (χ0v) is 63.7. The summed E-state index contributed by atoms with van der Waals surface area (Å²) in [5, 5.41) is 0. The fourth-order valence-electron chi connectivity index (χ4n) is 14.9. The third-order valence-corrected chi connectivity index (χ3v) is 20.9. The Kier molecular flexibility index (Phi) is 26.0. The van der Waals surface area contributed by atoms with E-state index >= 15 is 0 Å². The van der Waals surface area contributed by atoms with Gasteiger partial charge in [0, 0.05) is 102 Å². The van der Waals surface area contributed by atoms with E-state index in [0.29, 0.717) is 99.2 Å². The van der Waals surface area contributed by atoms with Crippen molar-refractivity contribution in [1.29, 1.82) is 0 Å². The van der Waals surface area contributed by atoms with E-state index in [-0.39, 0.29) is 24.5 Å². The number of unbranched alkanes of at least 4 members (excludes halogenated alkanes) is 1. The first kappa shape index (κ1) is 76.6. The van der Waals surface area contributed by atoms with Crippen molar-refractivity contribution in [3.05, 3.63) is 232 Å². The topological polar surface area (TPSA) is 238 Å². The Morgan fingerprint density at radius 3 is 0.982 bits per heavy atom. The molecule has 6 N–H and O–H groups in total. The zero-order valence-electron chi connectivity index (χ0n) is 63.7. The molecule has 3 saturated heterocycles. The normalized spacial score (nSPS) is 15.8. The van der Waals surface area contributed by atoms with Crippen molar-refractivity contribution in [2.75, 3.05) is 132 Å². The van der Waals surface area contributed by atoms with E-state index in [1.807, 2.05) is 12.1 Å². The van der Waals surface area contributed by atoms with Crippen LogP contribution in [0.25, 0.3) is 33.4 Å². The number of methoxy groups -OCH3 is 2. The lowest BCUT2D eigenvalue weighted by Crippen LogP contribution is -2.37. The predicted molar refractivity (Wildman–Crippen MR) is 435 cm³/mol. The average Bonchev–Trinajstić information content (AvgIpc) is 0.911. The van der Waals surface area contributed by atoms with Crippen LogP contribution in [0, 0.1) is 0 Å². The number of likely N-dealkylation sites (tertiary alicyclic amines) is 3. The number of carbonyl (C=O) groups excluding carboxylic acids is 1. The summed E-state index contributed by atoms with van der Waals surface area (Å²) >= 11 is 0. The van der Waals surface area contributed by atoms with Gasteiger partial charge in [-0.25, -0.2) is 0 Å². The monoisotopic (exact) mass is 1470 g/mol. The number of hydrogen-bond acceptors (Lipinski definition) is 20. The van der Waals surface area contributed by atoms with E-state index < -0.39 is 0 Å². The third-order valence-electron chi connectivity index (χ3n) is 20.9. The van der Waals surface area contributed by atoms with Gasteiger partial charge < -0.3 is 50.7 Å². The number of rotatable bonds is 27. The molecule has 21 nitrogen and oxygen atoms in total. The number of aromatic nitrogens is 6. The summed E-state index contributed by atoms with van der Waals surface area (Å²) in [6.07, 6.45) is 11.7. The van der Waals surface area contributed by atoms with Gasteiger partial charge >= 0.3 is 18.0 Å². The second-order valence-corrected chi connectivity index (χ2v) is 29.3. The molecule has 0 atom stereocenters. The van der Waals surface area contributed by atoms with Crippen molar-refractivity contribution >= 4 is 40.8 Å². The molecule has 0 aliphatic carbocycles. The van der Waals surface area contributed by atoms with Crippen LogP contribution >= 0.6 is 0 Å². The molecule has 15 rings (SSSR count). The van der Waals surface area contributed by atoms with Crippen LogP contribution in [0.4, 0.5) is 34.9 Å². The van der Waals surface area contributed by atoms with Crippen LogP contribution in [0.1, 0.15) is 108 Å². The minimum atomic E-state index is -0.175. The Morgan fingerprint density at radius 1 is 0.367 bits per heavy atom. The van der Waals surface area contributed by atoms with Gasteiger partial charge in [-0.15, -0.1) is 0 Å². The Hall–Kier alpha value is -10.6. The zero-order chi connectivity index (χ0) is 75.6. The van der Waals surface area contributed by atoms with Crippen molar-refractivity contribution in [3.8, 4) is 51.4 Å². The SMILES string of the molecule is C=C1Cc2c(N)nc(OCCCC)nc2N(Cc2ccc(-c3ccc(CN4CCCC4)cc3)cc2)C1.C=C1Cc2c(N)nc(OCCOC)nc2N(Cc2ccc(-c3ccc(CN4CCCC4)cc3)cc2)C1.C=C1Cc2c(N)nc(OCCOC)nc2N(Cc2ccc(-c3ccc(CN4CCCC4)cc3)cc2)C1=O. The molecule has 0 bridgehead atoms. The molecular weight excluding hydrogens is 1360 g/mol. The summed E-state index contributed by atoms with van der Waals surface area (Å²) in [5.41, 5.74) is 38.7. The molecule has 21 heteroatoms. The van der Waals surface area contributed by atoms with Crippen LogP contribution in [-0.2, 0) is 72.8 Å². The van der Waals surface area contributed by atoms with E-state index in [1.165, 1.54) is 133 Å². The minimum Gasteiger partial charge on any atom is -0.463 e. The van der Waals surface area contributed by atoms with Gasteiger partial charge in [-0.2, -0.15) is 29.9 Å². The molecule has 3 fully saturated rings. The van der Waals surface area contributed by atoms with Crippen LogP contribution in [0.5, 0.6) is 18.0 Å². The number of anilines is 6. The molecular formula is C88H105N15O6. The van der Waals surface area contributed by atoms with Gasteiger partial charge in [-0.3, -0.25) is 24.4 Å². The summed E-state index contributed by atoms with van der Waals surface area (Å²) < 4.78 is 27.1. The third kappa shape index (κ3) is 20.2. The van der Waals surface area contributed by atoms with Crippen LogP contribution in [0.3, 0.4) is 0 Å². The van der Waals surface area contributed by atoms with E-state index in [9.17, 15) is 4.79 Å². The molecule has 9 aromatic rings. The molecule has 1 amide bonds. The van der Waals surface area contributed by atoms with Crippen LogP contribution < -0.4 is 46.1 Å². The molecule has 6 aliphatic heterocycles. The number of nitrogens with zero attached hydrogens (tertiary/aromatic N) is 12. The van der Waals surface area contributed by atoms with Crippen molar-refractivity contribution in [3.63, 3.8) is 0 Å². The van der Waals surface area contributed by atoms with E-state index in [4.69, 9.17) is 45.9 Å². The highest BCUT2D eigenvalue weighted by atomic mass is 16.5. The number of nitrogens with two attached hydrogens (primary N) is 3. The highest BCUT2D eigenvalue weighted by Crippen LogP contribution is 2.38. The summed E-state index contributed by atoms with van der Waals surface area (Å²) in [5.74, 6) is 3.20. The molecule has 6 aliphatic rings. The molecule has 3 aromatic heterocycles. The molecule has 0 radical (unpaired) electrons. The van der Waals surface area contributed by atoms with Gasteiger partial charge in [0.25, 0.3) is 5.91 Å². The Bertz CT molecular complexity index is 4370. The van der Waals surface area contributed by atoms with Crippen LogP contribution in [0.15, 0.2) is 182 Å². The van der Waals surface area contributed by atoms with Gasteiger partial charge in [0.1, 0.15) is 48.1 Å². The number of ether oxygens (including phenoxy) is 5. The second-order valence-electron chi connectivity index (χ2n) is 29.3. The fourth-order valence-corrected chi connectivity index (χ4v) is 14.9. The van der Waals surface area contributed by atoms with E-state index in [1.54, 1.807) is 19.1 Å². The number of carbonyl (C=O) groups is 1. The number of fused-ring (bicyclic) bond motifs is 3. The maximum atomic E-state index is 13.1. The number of benzene rings is 6. The maximum absolute atomic E-state index is 13.1. The van der Waals surface area contributed by atoms with Gasteiger partial charge in [0.05, 0.1) is 26.4 Å². The Morgan fingerprint density at radius 2 is 0.661 bits per heavy atom. The first-order valence-electron chi connectivity index (χ1n) is 38.6. The Labute approximate surface area is 642 Å². The summed E-state index contributed by atoms with van der Waals surface area (Å²) in [6.45, 7) is 30.3. The quantitative estimate of drug-likeness (QED) is 0.0246. The first-order valence-corrected chi connectivity index (χ1v) is 38.6. The largest absolute Gasteiger partial charge is 0.463 e. The van der Waals surface area contributed by atoms with Crippen molar-refractivity contribution in [2.45, 2.75) is 117 Å². The molecule has 109 heavy (non-hydrogen) atoms. The maximum Gasteiger partial charge on any atom is 0.320 e. The lowest BCUT2D eigenvalue weighted by atomic mass is 9.99. The average molecular weight is 1470 g/mol. The van der Waals surface area contributed by atoms with Crippen LogP contribution in [0.2, 0.25) is 0 Å². The van der Waals surface area contributed by atoms with Gasteiger partial charge in [0.2, 0.25) is 0 Å². The van der Waals surface area contributed by atoms with Gasteiger partial charge in [0.15, 0.2) is 0 Å². The highest BCUT2D eigenvalue weighted by Gasteiger charge is 2.33. The number of nitrogen functional groups attached to an aromatic ring is 3. The van der Waals surface area contributed by atoms with Crippen LogP contribution in [-0.4, -0.2) is 150 Å². The van der Waals surface area contributed by atoms with Gasteiger partial charge in [-0.1, -0.05) is 190 Å². The second kappa shape index (κ2) is 37.0. The predicted octanol–water partition coefficient (Wildman–Crippen LogP) is 14.1. The van der Waals surface area contributed by atoms with Crippen molar-refractivity contribution < 1.29 is 28.5 Å². The number of hydrogen-bond donors (Lipinski definition) is 3. The highest BCUT2D eigenvalue weighted by molar-refractivity contribution is 6.08.